The van der Waals surface area contributed by atoms with E-state index in [-0.39, 0.29) is 17.4 Å². The number of esters is 1. The molecule has 0 saturated heterocycles. The van der Waals surface area contributed by atoms with Crippen LogP contribution in [0.25, 0.3) is 0 Å². The van der Waals surface area contributed by atoms with Crippen molar-refractivity contribution in [1.82, 2.24) is 0 Å². The molecule has 0 fully saturated rings. The van der Waals surface area contributed by atoms with E-state index in [1.54, 1.807) is 19.1 Å². The molecule has 15 heavy (non-hydrogen) atoms. The Morgan fingerprint density at radius 3 is 2.53 bits per heavy atom. The summed E-state index contributed by atoms with van der Waals surface area (Å²) < 4.78 is 4.80. The molecule has 1 aromatic rings. The molecule has 0 N–H and O–H groups in total. The molecule has 2 nitrogen and oxygen atoms in total. The third-order valence-electron chi connectivity index (χ3n) is 1.76. The van der Waals surface area contributed by atoms with Gasteiger partial charge in [-0.25, -0.2) is 0 Å². The van der Waals surface area contributed by atoms with Crippen molar-refractivity contribution in [2.75, 3.05) is 6.61 Å². The first-order chi connectivity index (χ1) is 7.06. The number of carbonyl (C=O) groups is 1. The zero-order valence-corrected chi connectivity index (χ0v) is 10.3. The van der Waals surface area contributed by atoms with E-state index in [9.17, 15) is 4.79 Å². The number of halogens is 3. The molecule has 0 aliphatic heterocycles. The van der Waals surface area contributed by atoms with E-state index >= 15 is 0 Å². The smallest absolute Gasteiger partial charge is 0.310 e. The third kappa shape index (κ3) is 3.26. The minimum absolute atomic E-state index is 0.101. The number of rotatable bonds is 3. The molecule has 0 spiro atoms. The summed E-state index contributed by atoms with van der Waals surface area (Å²) in [5.41, 5.74) is 0.615. The Balaban J connectivity index is 2.87. The van der Waals surface area contributed by atoms with Gasteiger partial charge < -0.3 is 4.74 Å². The average molecular weight is 268 g/mol. The minimum Gasteiger partial charge on any atom is -0.466 e. The molecular weight excluding hydrogens is 258 g/mol. The quantitative estimate of drug-likeness (QED) is 0.616. The van der Waals surface area contributed by atoms with Gasteiger partial charge in [-0.15, -0.1) is 0 Å². The van der Waals surface area contributed by atoms with Gasteiger partial charge in [0.25, 0.3) is 0 Å². The van der Waals surface area contributed by atoms with Crippen LogP contribution in [0.5, 0.6) is 0 Å². The largest absolute Gasteiger partial charge is 0.466 e. The second kappa shape index (κ2) is 5.59. The Bertz CT molecular complexity index is 377. The molecule has 1 aromatic carbocycles. The molecular formula is C10H9Cl3O2. The van der Waals surface area contributed by atoms with Gasteiger partial charge in [0.2, 0.25) is 0 Å². The van der Waals surface area contributed by atoms with Crippen molar-refractivity contribution < 1.29 is 9.53 Å². The maximum atomic E-state index is 11.2. The number of hydrogen-bond acceptors (Lipinski definition) is 2. The van der Waals surface area contributed by atoms with Crippen LogP contribution in [0.15, 0.2) is 12.1 Å². The van der Waals surface area contributed by atoms with E-state index in [0.717, 1.165) is 0 Å². The molecule has 0 radical (unpaired) electrons. The lowest BCUT2D eigenvalue weighted by Crippen LogP contribution is -2.07. The molecule has 0 aliphatic rings. The van der Waals surface area contributed by atoms with Crippen molar-refractivity contribution in [2.24, 2.45) is 0 Å². The van der Waals surface area contributed by atoms with Gasteiger partial charge in [0, 0.05) is 0 Å². The van der Waals surface area contributed by atoms with Crippen molar-refractivity contribution in [3.63, 3.8) is 0 Å². The highest BCUT2D eigenvalue weighted by molar-refractivity contribution is 6.48. The van der Waals surface area contributed by atoms with E-state index in [0.29, 0.717) is 22.2 Å². The number of carbonyl (C=O) groups excluding carboxylic acids is 1. The Kier molecular flexibility index (Phi) is 4.71. The van der Waals surface area contributed by atoms with Gasteiger partial charge in [-0.1, -0.05) is 40.9 Å². The maximum Gasteiger partial charge on any atom is 0.310 e. The molecule has 0 unspecified atom stereocenters. The second-order valence-electron chi connectivity index (χ2n) is 2.82. The van der Waals surface area contributed by atoms with Crippen LogP contribution in [0.1, 0.15) is 12.5 Å². The van der Waals surface area contributed by atoms with Crippen molar-refractivity contribution in [2.45, 2.75) is 13.3 Å². The number of benzene rings is 1. The summed E-state index contributed by atoms with van der Waals surface area (Å²) in [6, 6.07) is 3.26. The van der Waals surface area contributed by atoms with Gasteiger partial charge >= 0.3 is 5.97 Å². The first-order valence-electron chi connectivity index (χ1n) is 4.34. The first-order valence-corrected chi connectivity index (χ1v) is 5.47. The molecule has 5 heteroatoms. The minimum atomic E-state index is -0.335. The Morgan fingerprint density at radius 2 is 1.93 bits per heavy atom. The van der Waals surface area contributed by atoms with Crippen LogP contribution in [0.4, 0.5) is 0 Å². The molecule has 0 aromatic heterocycles. The van der Waals surface area contributed by atoms with Crippen LogP contribution in [-0.4, -0.2) is 12.6 Å². The summed E-state index contributed by atoms with van der Waals surface area (Å²) in [7, 11) is 0. The van der Waals surface area contributed by atoms with E-state index < -0.39 is 0 Å². The summed E-state index contributed by atoms with van der Waals surface area (Å²) in [5.74, 6) is -0.335. The molecule has 0 saturated carbocycles. The fourth-order valence-corrected chi connectivity index (χ4v) is 1.69. The van der Waals surface area contributed by atoms with Crippen LogP contribution in [0.3, 0.4) is 0 Å². The Morgan fingerprint density at radius 1 is 1.27 bits per heavy atom. The van der Waals surface area contributed by atoms with E-state index in [1.807, 2.05) is 0 Å². The predicted molar refractivity (Wildman–Crippen MR) is 61.8 cm³/mol. The van der Waals surface area contributed by atoms with Gasteiger partial charge in [-0.3, -0.25) is 4.79 Å². The van der Waals surface area contributed by atoms with Crippen LogP contribution in [-0.2, 0) is 16.0 Å². The van der Waals surface area contributed by atoms with Gasteiger partial charge in [0.1, 0.15) is 0 Å². The topological polar surface area (TPSA) is 26.3 Å². The van der Waals surface area contributed by atoms with E-state index in [4.69, 9.17) is 39.5 Å². The van der Waals surface area contributed by atoms with Crippen molar-refractivity contribution >= 4 is 40.8 Å². The van der Waals surface area contributed by atoms with Crippen LogP contribution < -0.4 is 0 Å². The molecule has 0 atom stereocenters. The summed E-state index contributed by atoms with van der Waals surface area (Å²) in [4.78, 5) is 11.2. The lowest BCUT2D eigenvalue weighted by atomic mass is 10.1. The van der Waals surface area contributed by atoms with Crippen molar-refractivity contribution in [3.05, 3.63) is 32.8 Å². The molecule has 0 aliphatic carbocycles. The average Bonchev–Trinajstić information content (AvgIpc) is 2.20. The fraction of sp³-hybridized carbons (Fsp3) is 0.300. The highest BCUT2D eigenvalue weighted by Gasteiger charge is 2.12. The third-order valence-corrected chi connectivity index (χ3v) is 3.09. The normalized spacial score (nSPS) is 10.1. The SMILES string of the molecule is CCOC(=O)Cc1ccc(Cl)c(Cl)c1Cl. The maximum absolute atomic E-state index is 11.2. The predicted octanol–water partition coefficient (Wildman–Crippen LogP) is 3.75. The molecule has 0 amide bonds. The molecule has 1 rings (SSSR count). The van der Waals surface area contributed by atoms with Gasteiger partial charge in [-0.05, 0) is 18.6 Å². The highest BCUT2D eigenvalue weighted by atomic mass is 35.5. The summed E-state index contributed by atoms with van der Waals surface area (Å²) >= 11 is 17.5. The number of hydrogen-bond donors (Lipinski definition) is 0. The van der Waals surface area contributed by atoms with Crippen LogP contribution in [0.2, 0.25) is 15.1 Å². The van der Waals surface area contributed by atoms with E-state index in [2.05, 4.69) is 0 Å². The second-order valence-corrected chi connectivity index (χ2v) is 3.98. The molecule has 82 valence electrons. The zero-order valence-electron chi connectivity index (χ0n) is 8.02. The summed E-state index contributed by atoms with van der Waals surface area (Å²) in [6.45, 7) is 2.09. The zero-order chi connectivity index (χ0) is 11.4. The number of ether oxygens (including phenoxy) is 1. The van der Waals surface area contributed by atoms with Crippen LogP contribution >= 0.6 is 34.8 Å². The lowest BCUT2D eigenvalue weighted by Gasteiger charge is -2.06. The lowest BCUT2D eigenvalue weighted by molar-refractivity contribution is -0.142. The van der Waals surface area contributed by atoms with Gasteiger partial charge in [-0.2, -0.15) is 0 Å². The van der Waals surface area contributed by atoms with Crippen molar-refractivity contribution in [3.8, 4) is 0 Å². The fourth-order valence-electron chi connectivity index (χ4n) is 1.07. The van der Waals surface area contributed by atoms with Gasteiger partial charge in [0.05, 0.1) is 28.1 Å². The summed E-state index contributed by atoms with van der Waals surface area (Å²) in [5, 5.41) is 0.937. The van der Waals surface area contributed by atoms with Crippen LogP contribution in [0, 0.1) is 0 Å². The molecule has 0 bridgehead atoms. The van der Waals surface area contributed by atoms with E-state index in [1.165, 1.54) is 0 Å². The van der Waals surface area contributed by atoms with Crippen molar-refractivity contribution in [1.29, 1.82) is 0 Å². The standard InChI is InChI=1S/C10H9Cl3O2/c1-2-15-8(14)5-6-3-4-7(11)10(13)9(6)12/h3-4H,2,5H2,1H3. The monoisotopic (exact) mass is 266 g/mol. The molecule has 0 heterocycles. The van der Waals surface area contributed by atoms with Gasteiger partial charge in [0.15, 0.2) is 0 Å². The highest BCUT2D eigenvalue weighted by Crippen LogP contribution is 2.32. The Hall–Kier alpha value is -0.440. The summed E-state index contributed by atoms with van der Waals surface area (Å²) in [6.07, 6.45) is 0.101. The Labute approximate surface area is 103 Å². The first kappa shape index (κ1) is 12.6.